The largest absolute Gasteiger partial charge is 0.481 e. The summed E-state index contributed by atoms with van der Waals surface area (Å²) in [6.07, 6.45) is -13.5. The van der Waals surface area contributed by atoms with Gasteiger partial charge in [0.2, 0.25) is 6.10 Å². The van der Waals surface area contributed by atoms with Gasteiger partial charge in [0, 0.05) is 0 Å². The molecule has 5 aliphatic carbocycles. The first-order valence-electron chi connectivity index (χ1n) is 24.8. The molecule has 70 heavy (non-hydrogen) atoms. The van der Waals surface area contributed by atoms with Crippen molar-refractivity contribution in [1.82, 2.24) is 0 Å². The van der Waals surface area contributed by atoms with Crippen molar-refractivity contribution in [3.05, 3.63) is 11.6 Å². The predicted molar refractivity (Wildman–Crippen MR) is 242 cm³/mol. The topological polar surface area (TPSA) is 293 Å². The summed E-state index contributed by atoms with van der Waals surface area (Å²) in [5, 5.41) is 76.4. The van der Waals surface area contributed by atoms with Crippen LogP contribution in [0.15, 0.2) is 11.6 Å². The molecule has 0 spiro atoms. The zero-order chi connectivity index (χ0) is 51.7. The van der Waals surface area contributed by atoms with Crippen molar-refractivity contribution < 1.29 is 97.6 Å². The molecule has 2 aliphatic heterocycles. The molecule has 7 N–H and O–H groups in total. The van der Waals surface area contributed by atoms with Crippen molar-refractivity contribution in [2.75, 3.05) is 34.5 Å². The van der Waals surface area contributed by atoms with Gasteiger partial charge < -0.3 is 78.4 Å². The normalized spacial score (nSPS) is 44.9. The first-order chi connectivity index (χ1) is 32.7. The first kappa shape index (κ1) is 54.9. The second-order valence-electron chi connectivity index (χ2n) is 23.2. The third kappa shape index (κ3) is 9.15. The molecule has 0 radical (unpaired) electrons. The van der Waals surface area contributed by atoms with Crippen molar-refractivity contribution in [1.29, 1.82) is 0 Å². The highest BCUT2D eigenvalue weighted by molar-refractivity contribution is 5.77. The standard InChI is InChI=1S/C50H78O20/c1-45(2)17-19-50(44(60)61)20-18-48(6)24(25(50)21-45)11-12-28-47(5)15-14-29(46(3,4)27(47)13-16-49(28,48)7)67-43-38(70-42-33(55)32(54)31(53)26(22-51)66-42)36(34(56)37(69-43)40(59)64-10)68-41(35(57)39(58)63-9)65-23-30(52)62-8/h11,25-29,31-38,41-43,51,53-57H,12-23H2,1-10H3,(H,60,61)/t25-,26+,27-,28+,29-,31+,32-,33+,34-,35?,36-,37-,38+,41?,42-,43+,47-,48+,49+,50-/m0/s1. The molecule has 0 aromatic rings. The maximum Gasteiger partial charge on any atom is 0.340 e. The highest BCUT2D eigenvalue weighted by Crippen LogP contribution is 2.76. The Kier molecular flexibility index (Phi) is 15.8. The Morgan fingerprint density at radius 2 is 1.44 bits per heavy atom. The Morgan fingerprint density at radius 1 is 0.757 bits per heavy atom. The number of carboxylic acids is 1. The summed E-state index contributed by atoms with van der Waals surface area (Å²) >= 11 is 0. The number of fused-ring (bicyclic) bond motifs is 7. The van der Waals surface area contributed by atoms with Crippen LogP contribution < -0.4 is 0 Å². The molecule has 6 fully saturated rings. The number of hydrogen-bond acceptors (Lipinski definition) is 19. The van der Waals surface area contributed by atoms with Crippen molar-refractivity contribution in [3.8, 4) is 0 Å². The molecule has 20 nitrogen and oxygen atoms in total. The van der Waals surface area contributed by atoms with Crippen LogP contribution in [0.2, 0.25) is 0 Å². The maximum atomic E-state index is 13.4. The number of ether oxygens (including phenoxy) is 9. The van der Waals surface area contributed by atoms with Gasteiger partial charge in [-0.05, 0) is 109 Å². The molecule has 0 amide bonds. The van der Waals surface area contributed by atoms with Gasteiger partial charge in [0.15, 0.2) is 25.0 Å². The van der Waals surface area contributed by atoms with Crippen LogP contribution in [0, 0.1) is 50.2 Å². The number of aliphatic hydroxyl groups is 6. The first-order valence-corrected chi connectivity index (χ1v) is 24.8. The summed E-state index contributed by atoms with van der Waals surface area (Å²) in [5.74, 6) is -3.73. The summed E-state index contributed by atoms with van der Waals surface area (Å²) in [6, 6.07) is 0. The molecule has 4 saturated carbocycles. The number of hydrogen-bond donors (Lipinski definition) is 7. The lowest BCUT2D eigenvalue weighted by Crippen LogP contribution is -2.68. The lowest BCUT2D eigenvalue weighted by atomic mass is 9.33. The Labute approximate surface area is 409 Å². The molecule has 0 bridgehead atoms. The Morgan fingerprint density at radius 3 is 2.07 bits per heavy atom. The minimum absolute atomic E-state index is 0.0266. The molecule has 0 aromatic carbocycles. The van der Waals surface area contributed by atoms with Gasteiger partial charge in [0.1, 0.15) is 49.3 Å². The fourth-order valence-electron chi connectivity index (χ4n) is 14.7. The van der Waals surface area contributed by atoms with Gasteiger partial charge in [-0.3, -0.25) is 4.79 Å². The monoisotopic (exact) mass is 999 g/mol. The zero-order valence-corrected chi connectivity index (χ0v) is 42.2. The lowest BCUT2D eigenvalue weighted by molar-refractivity contribution is -0.387. The van der Waals surface area contributed by atoms with Crippen LogP contribution in [0.5, 0.6) is 0 Å². The smallest absolute Gasteiger partial charge is 0.340 e. The number of aliphatic carboxylic acids is 1. The molecule has 20 atom stereocenters. The summed E-state index contributed by atoms with van der Waals surface area (Å²) in [4.78, 5) is 51.6. The van der Waals surface area contributed by atoms with Gasteiger partial charge in [-0.2, -0.15) is 0 Å². The van der Waals surface area contributed by atoms with Crippen LogP contribution in [-0.4, -0.2) is 174 Å². The third-order valence-electron chi connectivity index (χ3n) is 19.0. The minimum Gasteiger partial charge on any atom is -0.481 e. The predicted octanol–water partition coefficient (Wildman–Crippen LogP) is 2.14. The Bertz CT molecular complexity index is 1970. The fourth-order valence-corrected chi connectivity index (χ4v) is 14.7. The van der Waals surface area contributed by atoms with Gasteiger partial charge >= 0.3 is 23.9 Å². The van der Waals surface area contributed by atoms with E-state index in [4.69, 9.17) is 37.9 Å². The van der Waals surface area contributed by atoms with Gasteiger partial charge in [-0.1, -0.05) is 60.1 Å². The van der Waals surface area contributed by atoms with E-state index >= 15 is 0 Å². The summed E-state index contributed by atoms with van der Waals surface area (Å²) in [7, 11) is 3.09. The second-order valence-corrected chi connectivity index (χ2v) is 23.2. The molecule has 2 heterocycles. The van der Waals surface area contributed by atoms with E-state index in [-0.39, 0.29) is 39.4 Å². The maximum absolute atomic E-state index is 13.4. The second kappa shape index (κ2) is 20.1. The Balaban J connectivity index is 1.23. The summed E-state index contributed by atoms with van der Waals surface area (Å²) in [5.41, 5.74) is -0.638. The molecule has 7 rings (SSSR count). The quantitative estimate of drug-likeness (QED) is 0.0431. The number of rotatable bonds is 14. The highest BCUT2D eigenvalue weighted by Gasteiger charge is 2.70. The molecular formula is C50H78O20. The van der Waals surface area contributed by atoms with Crippen molar-refractivity contribution in [2.45, 2.75) is 193 Å². The molecular weight excluding hydrogens is 921 g/mol. The molecule has 2 unspecified atom stereocenters. The van der Waals surface area contributed by atoms with E-state index in [1.165, 1.54) is 5.57 Å². The minimum atomic E-state index is -2.27. The summed E-state index contributed by atoms with van der Waals surface area (Å²) < 4.78 is 51.2. The van der Waals surface area contributed by atoms with E-state index in [9.17, 15) is 54.9 Å². The average Bonchev–Trinajstić information content (AvgIpc) is 3.31. The highest BCUT2D eigenvalue weighted by atomic mass is 16.8. The van der Waals surface area contributed by atoms with Crippen LogP contribution in [0.4, 0.5) is 0 Å². The zero-order valence-electron chi connectivity index (χ0n) is 42.2. The lowest BCUT2D eigenvalue weighted by Gasteiger charge is -2.71. The van der Waals surface area contributed by atoms with Crippen LogP contribution in [0.3, 0.4) is 0 Å². The van der Waals surface area contributed by atoms with E-state index < -0.39 is 128 Å². The van der Waals surface area contributed by atoms with Crippen molar-refractivity contribution in [2.24, 2.45) is 50.2 Å². The number of aliphatic hydroxyl groups excluding tert-OH is 6. The third-order valence-corrected chi connectivity index (χ3v) is 19.0. The number of allylic oxidation sites excluding steroid dienone is 2. The number of carbonyl (C=O) groups excluding carboxylic acids is 3. The average molecular weight is 999 g/mol. The number of carbonyl (C=O) groups is 4. The van der Waals surface area contributed by atoms with Gasteiger partial charge in [0.25, 0.3) is 0 Å². The van der Waals surface area contributed by atoms with Crippen LogP contribution in [0.1, 0.15) is 113 Å². The molecule has 20 heteroatoms. The molecule has 2 saturated heterocycles. The number of carboxylic acid groups (broad SMARTS) is 1. The van der Waals surface area contributed by atoms with Gasteiger partial charge in [0.05, 0.1) is 39.5 Å². The van der Waals surface area contributed by atoms with E-state index in [0.29, 0.717) is 25.7 Å². The fraction of sp³-hybridized carbons (Fsp3) is 0.880. The van der Waals surface area contributed by atoms with E-state index in [1.807, 2.05) is 0 Å². The van der Waals surface area contributed by atoms with Crippen molar-refractivity contribution in [3.63, 3.8) is 0 Å². The van der Waals surface area contributed by atoms with Crippen LogP contribution >= 0.6 is 0 Å². The van der Waals surface area contributed by atoms with Gasteiger partial charge in [-0.15, -0.1) is 0 Å². The van der Waals surface area contributed by atoms with E-state index in [1.54, 1.807) is 0 Å². The molecule has 7 aliphatic rings. The van der Waals surface area contributed by atoms with E-state index in [0.717, 1.165) is 59.9 Å². The Hall–Kier alpha value is -2.86. The van der Waals surface area contributed by atoms with Crippen LogP contribution in [-0.2, 0) is 61.8 Å². The number of esters is 3. The number of methoxy groups -OCH3 is 3. The van der Waals surface area contributed by atoms with Crippen LogP contribution in [0.25, 0.3) is 0 Å². The SMILES string of the molecule is COC(=O)COC(O[C@H]1[C@H](O)[C@@H](C(=O)OC)O[C@@H](O[C@H]2CC[C@]3(C)[C@H]4CC=C5[C@@H]6CC(C)(C)CC[C@]6(C(=O)O)CC[C@@]5(C)[C@]4(C)CC[C@H]3C2(C)C)[C@@H]1O[C@@H]1O[C@H](CO)[C@@H](O)[C@H](O)[C@H]1O)C(O)C(=O)OC. The molecule has 398 valence electrons. The molecule has 0 aromatic heterocycles. The van der Waals surface area contributed by atoms with E-state index in [2.05, 4.69) is 59.3 Å². The van der Waals surface area contributed by atoms with Gasteiger partial charge in [-0.25, -0.2) is 14.4 Å². The van der Waals surface area contributed by atoms with Crippen molar-refractivity contribution >= 4 is 23.9 Å². The summed E-state index contributed by atoms with van der Waals surface area (Å²) in [6.45, 7) is 14.2.